The molecule has 0 aliphatic rings. The van der Waals surface area contributed by atoms with E-state index in [-0.39, 0.29) is 6.61 Å². The van der Waals surface area contributed by atoms with Gasteiger partial charge in [0.05, 0.1) is 17.6 Å². The molecule has 1 atom stereocenters. The predicted molar refractivity (Wildman–Crippen MR) is 85.2 cm³/mol. The fraction of sp³-hybridized carbons (Fsp3) is 0.688. The fourth-order valence-corrected chi connectivity index (χ4v) is 2.30. The molecule has 20 heavy (non-hydrogen) atoms. The van der Waals surface area contributed by atoms with E-state index >= 15 is 0 Å². The van der Waals surface area contributed by atoms with Crippen LogP contribution in [-0.2, 0) is 0 Å². The standard InChI is InChI=1S/C16H29N3O/c1-4-10-17-15(5-2)16-9-8-14(13-18-16)19(6-3)11-7-12-20/h8-9,13,15,17,20H,4-7,10-12H2,1-3H3. The zero-order valence-corrected chi connectivity index (χ0v) is 13.1. The number of hydrogen-bond donors (Lipinski definition) is 2. The van der Waals surface area contributed by atoms with Crippen LogP contribution in [0.15, 0.2) is 18.3 Å². The van der Waals surface area contributed by atoms with Gasteiger partial charge in [0.2, 0.25) is 0 Å². The lowest BCUT2D eigenvalue weighted by atomic mass is 10.1. The van der Waals surface area contributed by atoms with Gasteiger partial charge in [-0.15, -0.1) is 0 Å². The van der Waals surface area contributed by atoms with Crippen molar-refractivity contribution in [3.63, 3.8) is 0 Å². The number of rotatable bonds is 10. The number of hydrogen-bond acceptors (Lipinski definition) is 4. The zero-order valence-electron chi connectivity index (χ0n) is 13.1. The Labute approximate surface area is 123 Å². The Balaban J connectivity index is 2.70. The van der Waals surface area contributed by atoms with E-state index in [1.54, 1.807) is 0 Å². The van der Waals surface area contributed by atoms with Gasteiger partial charge in [0, 0.05) is 25.7 Å². The molecule has 4 heteroatoms. The highest BCUT2D eigenvalue weighted by atomic mass is 16.3. The van der Waals surface area contributed by atoms with Crippen molar-refractivity contribution in [2.24, 2.45) is 0 Å². The van der Waals surface area contributed by atoms with E-state index in [0.717, 1.165) is 50.3 Å². The maximum absolute atomic E-state index is 8.94. The summed E-state index contributed by atoms with van der Waals surface area (Å²) in [5, 5.41) is 12.5. The molecule has 0 aromatic carbocycles. The first-order chi connectivity index (χ1) is 9.76. The quantitative estimate of drug-likeness (QED) is 0.691. The van der Waals surface area contributed by atoms with E-state index in [1.807, 2.05) is 6.20 Å². The van der Waals surface area contributed by atoms with Crippen LogP contribution >= 0.6 is 0 Å². The van der Waals surface area contributed by atoms with Gasteiger partial charge in [-0.2, -0.15) is 0 Å². The predicted octanol–water partition coefficient (Wildman–Crippen LogP) is 2.74. The number of pyridine rings is 1. The van der Waals surface area contributed by atoms with Crippen LogP contribution in [0.4, 0.5) is 5.69 Å². The molecule has 0 saturated heterocycles. The maximum Gasteiger partial charge on any atom is 0.0574 e. The van der Waals surface area contributed by atoms with Crippen molar-refractivity contribution in [3.8, 4) is 0 Å². The van der Waals surface area contributed by atoms with E-state index in [0.29, 0.717) is 6.04 Å². The monoisotopic (exact) mass is 279 g/mol. The molecule has 1 aromatic heterocycles. The molecule has 1 unspecified atom stereocenters. The van der Waals surface area contributed by atoms with E-state index in [4.69, 9.17) is 5.11 Å². The van der Waals surface area contributed by atoms with Crippen LogP contribution in [0.2, 0.25) is 0 Å². The lowest BCUT2D eigenvalue weighted by Gasteiger charge is -2.23. The largest absolute Gasteiger partial charge is 0.396 e. The van der Waals surface area contributed by atoms with Crippen LogP contribution in [0.3, 0.4) is 0 Å². The van der Waals surface area contributed by atoms with Gasteiger partial charge < -0.3 is 15.3 Å². The number of aromatic nitrogens is 1. The third-order valence-corrected chi connectivity index (χ3v) is 3.51. The van der Waals surface area contributed by atoms with E-state index in [9.17, 15) is 0 Å². The minimum Gasteiger partial charge on any atom is -0.396 e. The average Bonchev–Trinajstić information content (AvgIpc) is 2.50. The molecule has 0 saturated carbocycles. The second-order valence-electron chi connectivity index (χ2n) is 5.01. The summed E-state index contributed by atoms with van der Waals surface area (Å²) in [6.45, 7) is 9.56. The molecule has 0 fully saturated rings. The van der Waals surface area contributed by atoms with Crippen LogP contribution in [0.1, 0.15) is 51.8 Å². The molecule has 0 aliphatic carbocycles. The fourth-order valence-electron chi connectivity index (χ4n) is 2.30. The molecule has 0 amide bonds. The summed E-state index contributed by atoms with van der Waals surface area (Å²) in [7, 11) is 0. The summed E-state index contributed by atoms with van der Waals surface area (Å²) < 4.78 is 0. The summed E-state index contributed by atoms with van der Waals surface area (Å²) in [6, 6.07) is 4.60. The van der Waals surface area contributed by atoms with Crippen molar-refractivity contribution >= 4 is 5.69 Å². The Kier molecular flexibility index (Phi) is 8.23. The molecule has 1 heterocycles. The van der Waals surface area contributed by atoms with Gasteiger partial charge in [-0.1, -0.05) is 13.8 Å². The minimum absolute atomic E-state index is 0.237. The number of aliphatic hydroxyl groups excluding tert-OH is 1. The molecule has 1 aromatic rings. The van der Waals surface area contributed by atoms with E-state index in [1.165, 1.54) is 0 Å². The summed E-state index contributed by atoms with van der Waals surface area (Å²) in [4.78, 5) is 6.86. The van der Waals surface area contributed by atoms with Gasteiger partial charge in [-0.25, -0.2) is 0 Å². The maximum atomic E-state index is 8.94. The van der Waals surface area contributed by atoms with Crippen LogP contribution in [0, 0.1) is 0 Å². The summed E-state index contributed by atoms with van der Waals surface area (Å²) >= 11 is 0. The number of nitrogens with one attached hydrogen (secondary N) is 1. The lowest BCUT2D eigenvalue weighted by molar-refractivity contribution is 0.289. The van der Waals surface area contributed by atoms with Gasteiger partial charge in [-0.3, -0.25) is 4.98 Å². The normalized spacial score (nSPS) is 12.4. The van der Waals surface area contributed by atoms with Crippen molar-refractivity contribution < 1.29 is 5.11 Å². The second kappa shape index (κ2) is 9.72. The van der Waals surface area contributed by atoms with Gasteiger partial charge >= 0.3 is 0 Å². The highest BCUT2D eigenvalue weighted by Crippen LogP contribution is 2.18. The molecular weight excluding hydrogens is 250 g/mol. The van der Waals surface area contributed by atoms with Gasteiger partial charge in [0.1, 0.15) is 0 Å². The second-order valence-corrected chi connectivity index (χ2v) is 5.01. The van der Waals surface area contributed by atoms with Gasteiger partial charge in [0.15, 0.2) is 0 Å². The molecule has 0 aliphatic heterocycles. The molecule has 1 rings (SSSR count). The highest BCUT2D eigenvalue weighted by Gasteiger charge is 2.10. The van der Waals surface area contributed by atoms with Crippen LogP contribution in [0.5, 0.6) is 0 Å². The van der Waals surface area contributed by atoms with Crippen molar-refractivity contribution in [1.82, 2.24) is 10.3 Å². The van der Waals surface area contributed by atoms with Crippen LogP contribution < -0.4 is 10.2 Å². The van der Waals surface area contributed by atoms with E-state index < -0.39 is 0 Å². The topological polar surface area (TPSA) is 48.4 Å². The van der Waals surface area contributed by atoms with Crippen molar-refractivity contribution in [2.75, 3.05) is 31.1 Å². The lowest BCUT2D eigenvalue weighted by Crippen LogP contribution is -2.25. The van der Waals surface area contributed by atoms with E-state index in [2.05, 4.69) is 48.1 Å². The SMILES string of the molecule is CCCNC(CC)c1ccc(N(CC)CCCO)cn1. The Morgan fingerprint density at radius 2 is 2.10 bits per heavy atom. The Morgan fingerprint density at radius 1 is 1.30 bits per heavy atom. The zero-order chi connectivity index (χ0) is 14.8. The first-order valence-corrected chi connectivity index (χ1v) is 7.81. The van der Waals surface area contributed by atoms with Crippen LogP contribution in [0.25, 0.3) is 0 Å². The molecule has 114 valence electrons. The Morgan fingerprint density at radius 3 is 2.60 bits per heavy atom. The number of anilines is 1. The third kappa shape index (κ3) is 5.10. The van der Waals surface area contributed by atoms with Gasteiger partial charge in [0.25, 0.3) is 0 Å². The summed E-state index contributed by atoms with van der Waals surface area (Å²) in [6.07, 6.45) is 4.94. The van der Waals surface area contributed by atoms with Gasteiger partial charge in [-0.05, 0) is 44.9 Å². The Bertz CT molecular complexity index is 318. The number of aliphatic hydroxyl groups is 1. The molecule has 4 nitrogen and oxygen atoms in total. The first kappa shape index (κ1) is 16.9. The molecule has 2 N–H and O–H groups in total. The first-order valence-electron chi connectivity index (χ1n) is 7.81. The third-order valence-electron chi connectivity index (χ3n) is 3.51. The van der Waals surface area contributed by atoms with Crippen molar-refractivity contribution in [2.45, 2.75) is 46.1 Å². The number of nitrogens with zero attached hydrogens (tertiary/aromatic N) is 2. The smallest absolute Gasteiger partial charge is 0.0574 e. The summed E-state index contributed by atoms with van der Waals surface area (Å²) in [5.41, 5.74) is 2.25. The highest BCUT2D eigenvalue weighted by molar-refractivity contribution is 5.44. The van der Waals surface area contributed by atoms with Crippen molar-refractivity contribution in [3.05, 3.63) is 24.0 Å². The van der Waals surface area contributed by atoms with Crippen molar-refractivity contribution in [1.29, 1.82) is 0 Å². The molecule has 0 radical (unpaired) electrons. The molecule has 0 spiro atoms. The molecular formula is C16H29N3O. The Hall–Kier alpha value is -1.13. The molecule has 0 bridgehead atoms. The van der Waals surface area contributed by atoms with Crippen LogP contribution in [-0.4, -0.2) is 36.3 Å². The summed E-state index contributed by atoms with van der Waals surface area (Å²) in [5.74, 6) is 0. The minimum atomic E-state index is 0.237. The average molecular weight is 279 g/mol.